The summed E-state index contributed by atoms with van der Waals surface area (Å²) < 4.78 is 21.2. The van der Waals surface area contributed by atoms with Gasteiger partial charge in [0, 0.05) is 10.4 Å². The molecule has 2 aromatic rings. The lowest BCUT2D eigenvalue weighted by Gasteiger charge is -2.18. The number of thiophene rings is 1. The normalized spacial score (nSPS) is 14.9. The molecule has 1 aliphatic rings. The lowest BCUT2D eigenvalue weighted by molar-refractivity contribution is -0.119. The summed E-state index contributed by atoms with van der Waals surface area (Å²) in [5, 5.41) is 3.18. The lowest BCUT2D eigenvalue weighted by Crippen LogP contribution is -2.22. The topological polar surface area (TPSA) is 100 Å². The summed E-state index contributed by atoms with van der Waals surface area (Å²) in [6.07, 6.45) is 2.31. The predicted octanol–water partition coefficient (Wildman–Crippen LogP) is 4.56. The molecule has 0 spiro atoms. The van der Waals surface area contributed by atoms with Crippen LogP contribution in [0.15, 0.2) is 12.1 Å². The molecular formula is C25H31NO7S. The number of benzene rings is 1. The van der Waals surface area contributed by atoms with E-state index in [1.165, 1.54) is 37.7 Å². The number of hydrogen-bond donors (Lipinski definition) is 1. The smallest absolute Gasteiger partial charge is 0.341 e. The molecular weight excluding hydrogens is 458 g/mol. The van der Waals surface area contributed by atoms with E-state index in [4.69, 9.17) is 18.9 Å². The van der Waals surface area contributed by atoms with Gasteiger partial charge in [-0.05, 0) is 63.6 Å². The summed E-state index contributed by atoms with van der Waals surface area (Å²) in [5.74, 6) is -0.221. The molecule has 0 bridgehead atoms. The molecule has 0 aliphatic heterocycles. The number of ether oxygens (including phenoxy) is 4. The summed E-state index contributed by atoms with van der Waals surface area (Å²) in [6, 6.07) is 3.07. The van der Waals surface area contributed by atoms with E-state index in [0.717, 1.165) is 35.3 Å². The van der Waals surface area contributed by atoms with Crippen molar-refractivity contribution in [1.82, 2.24) is 0 Å². The SMILES string of the molecule is COc1cc(C(=O)OCC(=O)Nc2sc3c(c2C(=O)OC(C)C)CCC(C)C3)cc(OC)c1C. The molecule has 1 aliphatic carbocycles. The van der Waals surface area contributed by atoms with Crippen LogP contribution in [0.3, 0.4) is 0 Å². The Labute approximate surface area is 203 Å². The molecule has 0 fully saturated rings. The first kappa shape index (κ1) is 25.6. The van der Waals surface area contributed by atoms with Gasteiger partial charge in [0.25, 0.3) is 5.91 Å². The second kappa shape index (κ2) is 10.9. The van der Waals surface area contributed by atoms with Gasteiger partial charge in [0.15, 0.2) is 6.61 Å². The van der Waals surface area contributed by atoms with Crippen molar-refractivity contribution in [3.8, 4) is 11.5 Å². The van der Waals surface area contributed by atoms with Crippen molar-refractivity contribution in [3.63, 3.8) is 0 Å². The minimum Gasteiger partial charge on any atom is -0.496 e. The molecule has 34 heavy (non-hydrogen) atoms. The van der Waals surface area contributed by atoms with E-state index in [-0.39, 0.29) is 11.7 Å². The highest BCUT2D eigenvalue weighted by Gasteiger charge is 2.30. The molecule has 0 radical (unpaired) electrons. The van der Waals surface area contributed by atoms with Gasteiger partial charge >= 0.3 is 11.9 Å². The van der Waals surface area contributed by atoms with Gasteiger partial charge in [-0.2, -0.15) is 0 Å². The molecule has 1 amide bonds. The Hall–Kier alpha value is -3.07. The quantitative estimate of drug-likeness (QED) is 0.543. The van der Waals surface area contributed by atoms with E-state index in [9.17, 15) is 14.4 Å². The number of hydrogen-bond acceptors (Lipinski definition) is 8. The van der Waals surface area contributed by atoms with Gasteiger partial charge in [0.05, 0.1) is 31.5 Å². The number of rotatable bonds is 8. The third-order valence-corrected chi connectivity index (χ3v) is 6.80. The fourth-order valence-electron chi connectivity index (χ4n) is 3.91. The molecule has 184 valence electrons. The lowest BCUT2D eigenvalue weighted by atomic mass is 9.88. The van der Waals surface area contributed by atoms with Crippen molar-refractivity contribution in [1.29, 1.82) is 0 Å². The van der Waals surface area contributed by atoms with Crippen LogP contribution in [-0.4, -0.2) is 44.8 Å². The standard InChI is InChI=1S/C25H31NO7S/c1-13(2)33-25(29)22-17-8-7-14(3)9-20(17)34-23(22)26-21(27)12-32-24(28)16-10-18(30-5)15(4)19(11-16)31-6/h10-11,13-14H,7-9,12H2,1-6H3,(H,26,27). The molecule has 1 heterocycles. The number of carbonyl (C=O) groups is 3. The summed E-state index contributed by atoms with van der Waals surface area (Å²) >= 11 is 1.39. The third kappa shape index (κ3) is 5.70. The summed E-state index contributed by atoms with van der Waals surface area (Å²) in [6.45, 7) is 7.04. The first-order valence-electron chi connectivity index (χ1n) is 11.2. The van der Waals surface area contributed by atoms with Crippen LogP contribution >= 0.6 is 11.3 Å². The van der Waals surface area contributed by atoms with Crippen molar-refractivity contribution in [2.75, 3.05) is 26.1 Å². The number of fused-ring (bicyclic) bond motifs is 1. The number of nitrogens with one attached hydrogen (secondary N) is 1. The van der Waals surface area contributed by atoms with E-state index >= 15 is 0 Å². The Morgan fingerprint density at radius 3 is 2.35 bits per heavy atom. The molecule has 0 saturated carbocycles. The van der Waals surface area contributed by atoms with Gasteiger partial charge in [-0.1, -0.05) is 6.92 Å². The Balaban J connectivity index is 1.74. The largest absolute Gasteiger partial charge is 0.496 e. The monoisotopic (exact) mass is 489 g/mol. The highest BCUT2D eigenvalue weighted by Crippen LogP contribution is 2.40. The predicted molar refractivity (Wildman–Crippen MR) is 129 cm³/mol. The Morgan fingerprint density at radius 2 is 1.76 bits per heavy atom. The zero-order valence-corrected chi connectivity index (χ0v) is 21.2. The van der Waals surface area contributed by atoms with Gasteiger partial charge < -0.3 is 24.3 Å². The number of esters is 2. The van der Waals surface area contributed by atoms with Crippen LogP contribution in [0.5, 0.6) is 11.5 Å². The van der Waals surface area contributed by atoms with Crippen molar-refractivity contribution in [2.24, 2.45) is 5.92 Å². The highest BCUT2D eigenvalue weighted by molar-refractivity contribution is 7.17. The van der Waals surface area contributed by atoms with Crippen molar-refractivity contribution >= 4 is 34.2 Å². The summed E-state index contributed by atoms with van der Waals surface area (Å²) in [4.78, 5) is 39.1. The number of carbonyl (C=O) groups excluding carboxylic acids is 3. The van der Waals surface area contributed by atoms with Gasteiger partial charge in [-0.15, -0.1) is 11.3 Å². The Morgan fingerprint density at radius 1 is 1.12 bits per heavy atom. The summed E-state index contributed by atoms with van der Waals surface area (Å²) in [7, 11) is 2.99. The maximum Gasteiger partial charge on any atom is 0.341 e. The van der Waals surface area contributed by atoms with Crippen molar-refractivity contribution in [3.05, 3.63) is 39.3 Å². The molecule has 1 aromatic heterocycles. The minimum atomic E-state index is -0.689. The average Bonchev–Trinajstić information content (AvgIpc) is 3.13. The van der Waals surface area contributed by atoms with Crippen molar-refractivity contribution in [2.45, 2.75) is 53.1 Å². The van der Waals surface area contributed by atoms with Gasteiger partial charge in [0.2, 0.25) is 0 Å². The molecule has 9 heteroatoms. The van der Waals surface area contributed by atoms with E-state index in [1.54, 1.807) is 13.8 Å². The molecule has 1 unspecified atom stereocenters. The van der Waals surface area contributed by atoms with Crippen LogP contribution in [-0.2, 0) is 27.1 Å². The van der Waals surface area contributed by atoms with Crippen LogP contribution in [0, 0.1) is 12.8 Å². The highest BCUT2D eigenvalue weighted by atomic mass is 32.1. The Bertz CT molecular complexity index is 1060. The molecule has 0 saturated heterocycles. The van der Waals surface area contributed by atoms with E-state index < -0.39 is 24.5 Å². The van der Waals surface area contributed by atoms with Crippen LogP contribution in [0.4, 0.5) is 5.00 Å². The molecule has 8 nitrogen and oxygen atoms in total. The second-order valence-corrected chi connectivity index (χ2v) is 9.75. The zero-order valence-electron chi connectivity index (χ0n) is 20.4. The fraction of sp³-hybridized carbons (Fsp3) is 0.480. The first-order chi connectivity index (χ1) is 16.1. The number of amides is 1. The van der Waals surface area contributed by atoms with Crippen LogP contribution in [0.2, 0.25) is 0 Å². The van der Waals surface area contributed by atoms with E-state index in [0.29, 0.717) is 28.0 Å². The van der Waals surface area contributed by atoms with E-state index in [1.807, 2.05) is 6.92 Å². The first-order valence-corrected chi connectivity index (χ1v) is 12.0. The molecule has 3 rings (SSSR count). The van der Waals surface area contributed by atoms with Crippen LogP contribution in [0.1, 0.15) is 63.9 Å². The van der Waals surface area contributed by atoms with E-state index in [2.05, 4.69) is 12.2 Å². The minimum absolute atomic E-state index is 0.203. The maximum atomic E-state index is 12.8. The Kier molecular flexibility index (Phi) is 8.19. The summed E-state index contributed by atoms with van der Waals surface area (Å²) in [5.41, 5.74) is 2.30. The average molecular weight is 490 g/mol. The van der Waals surface area contributed by atoms with Gasteiger partial charge in [-0.3, -0.25) is 4.79 Å². The van der Waals surface area contributed by atoms with Crippen molar-refractivity contribution < 1.29 is 33.3 Å². The molecule has 1 aromatic carbocycles. The fourth-order valence-corrected chi connectivity index (χ4v) is 5.32. The molecule has 1 atom stereocenters. The zero-order chi connectivity index (χ0) is 25.0. The third-order valence-electron chi connectivity index (χ3n) is 5.63. The van der Waals surface area contributed by atoms with Crippen LogP contribution in [0.25, 0.3) is 0 Å². The van der Waals surface area contributed by atoms with Crippen LogP contribution < -0.4 is 14.8 Å². The van der Waals surface area contributed by atoms with Gasteiger partial charge in [0.1, 0.15) is 16.5 Å². The van der Waals surface area contributed by atoms with Gasteiger partial charge in [-0.25, -0.2) is 9.59 Å². The second-order valence-electron chi connectivity index (χ2n) is 8.64. The number of anilines is 1. The number of methoxy groups -OCH3 is 2. The molecule has 1 N–H and O–H groups in total. The maximum absolute atomic E-state index is 12.8.